The third-order valence-electron chi connectivity index (χ3n) is 4.58. The fraction of sp³-hybridized carbons (Fsp3) is 0.524. The summed E-state index contributed by atoms with van der Waals surface area (Å²) in [6, 6.07) is 5.96. The van der Waals surface area contributed by atoms with Crippen molar-refractivity contribution in [1.29, 1.82) is 0 Å². The van der Waals surface area contributed by atoms with E-state index in [1.54, 1.807) is 30.3 Å². The number of aromatic nitrogens is 2. The summed E-state index contributed by atoms with van der Waals surface area (Å²) in [7, 11) is 1.62. The summed E-state index contributed by atoms with van der Waals surface area (Å²) in [6.45, 7) is 6.83. The molecule has 1 N–H and O–H groups in total. The second-order valence-corrected chi connectivity index (χ2v) is 8.06. The van der Waals surface area contributed by atoms with E-state index in [1.165, 1.54) is 12.1 Å². The number of amides is 1. The van der Waals surface area contributed by atoms with Crippen molar-refractivity contribution < 1.29 is 23.4 Å². The highest BCUT2D eigenvalue weighted by atomic mass is 19.1. The number of benzene rings is 1. The lowest BCUT2D eigenvalue weighted by molar-refractivity contribution is 0.00894. The van der Waals surface area contributed by atoms with Gasteiger partial charge in [-0.1, -0.05) is 12.1 Å². The maximum atomic E-state index is 13.6. The van der Waals surface area contributed by atoms with Crippen LogP contribution in [0.15, 0.2) is 30.5 Å². The van der Waals surface area contributed by atoms with Crippen LogP contribution in [0.3, 0.4) is 0 Å². The molecule has 7 nitrogen and oxygen atoms in total. The van der Waals surface area contributed by atoms with Crippen LogP contribution in [0.2, 0.25) is 0 Å². The Kier molecular flexibility index (Phi) is 6.54. The van der Waals surface area contributed by atoms with E-state index in [-0.39, 0.29) is 18.0 Å². The Bertz CT molecular complexity index is 833. The van der Waals surface area contributed by atoms with Gasteiger partial charge >= 0.3 is 6.09 Å². The van der Waals surface area contributed by atoms with E-state index in [0.29, 0.717) is 43.3 Å². The first-order chi connectivity index (χ1) is 13.8. The van der Waals surface area contributed by atoms with Gasteiger partial charge in [0, 0.05) is 19.1 Å². The standard InChI is InChI=1S/C21H28FN3O4/c1-21(2,3)29-20(26)25-13-16(28-9-8-27-4)11-18(25)19-23-12-17(24-19)14-6-5-7-15(22)10-14/h5-7,10,12,16,18H,8-9,11,13H2,1-4H3,(H,23,24)/t16-,18+/m1/s1. The van der Waals surface area contributed by atoms with Crippen LogP contribution in [0.4, 0.5) is 9.18 Å². The molecule has 0 bridgehead atoms. The number of carbonyl (C=O) groups excluding carboxylic acids is 1. The average molecular weight is 405 g/mol. The summed E-state index contributed by atoms with van der Waals surface area (Å²) >= 11 is 0. The summed E-state index contributed by atoms with van der Waals surface area (Å²) in [5, 5.41) is 0. The molecular weight excluding hydrogens is 377 g/mol. The Morgan fingerprint density at radius 2 is 2.14 bits per heavy atom. The van der Waals surface area contributed by atoms with Crippen LogP contribution < -0.4 is 0 Å². The number of hydrogen-bond acceptors (Lipinski definition) is 5. The van der Waals surface area contributed by atoms with E-state index in [1.807, 2.05) is 20.8 Å². The first kappa shape index (κ1) is 21.3. The molecule has 1 fully saturated rings. The topological polar surface area (TPSA) is 76.7 Å². The molecule has 0 radical (unpaired) electrons. The molecule has 1 amide bonds. The van der Waals surface area contributed by atoms with Gasteiger partial charge in [-0.3, -0.25) is 4.90 Å². The van der Waals surface area contributed by atoms with Gasteiger partial charge in [0.05, 0.1) is 43.8 Å². The van der Waals surface area contributed by atoms with Gasteiger partial charge in [-0.15, -0.1) is 0 Å². The second kappa shape index (κ2) is 8.92. The van der Waals surface area contributed by atoms with E-state index < -0.39 is 11.7 Å². The minimum absolute atomic E-state index is 0.148. The number of methoxy groups -OCH3 is 1. The zero-order valence-corrected chi connectivity index (χ0v) is 17.3. The summed E-state index contributed by atoms with van der Waals surface area (Å²) < 4.78 is 30.0. The number of hydrogen-bond donors (Lipinski definition) is 1. The van der Waals surface area contributed by atoms with Crippen LogP contribution in [0.5, 0.6) is 0 Å². The third-order valence-corrected chi connectivity index (χ3v) is 4.58. The van der Waals surface area contributed by atoms with Crippen LogP contribution in [-0.2, 0) is 14.2 Å². The summed E-state index contributed by atoms with van der Waals surface area (Å²) in [5.74, 6) is 0.300. The molecule has 1 saturated heterocycles. The van der Waals surface area contributed by atoms with E-state index >= 15 is 0 Å². The highest BCUT2D eigenvalue weighted by molar-refractivity contribution is 5.69. The van der Waals surface area contributed by atoms with Crippen molar-refractivity contribution >= 4 is 6.09 Å². The molecule has 0 aliphatic carbocycles. The van der Waals surface area contributed by atoms with E-state index in [9.17, 15) is 9.18 Å². The van der Waals surface area contributed by atoms with Gasteiger partial charge in [-0.25, -0.2) is 14.2 Å². The second-order valence-electron chi connectivity index (χ2n) is 8.06. The molecule has 2 heterocycles. The molecule has 3 rings (SSSR count). The lowest BCUT2D eigenvalue weighted by atomic mass is 10.1. The van der Waals surface area contributed by atoms with Crippen LogP contribution in [0.25, 0.3) is 11.3 Å². The number of halogens is 1. The van der Waals surface area contributed by atoms with E-state index in [0.717, 1.165) is 0 Å². The lowest BCUT2D eigenvalue weighted by Gasteiger charge is -2.27. The minimum Gasteiger partial charge on any atom is -0.444 e. The van der Waals surface area contributed by atoms with Gasteiger partial charge < -0.3 is 19.2 Å². The quantitative estimate of drug-likeness (QED) is 0.737. The van der Waals surface area contributed by atoms with Gasteiger partial charge in [0.2, 0.25) is 0 Å². The van der Waals surface area contributed by atoms with Gasteiger partial charge in [0.1, 0.15) is 17.2 Å². The van der Waals surface area contributed by atoms with Gasteiger partial charge in [0.25, 0.3) is 0 Å². The smallest absolute Gasteiger partial charge is 0.411 e. The average Bonchev–Trinajstić information content (AvgIpc) is 3.27. The molecule has 0 spiro atoms. The van der Waals surface area contributed by atoms with Gasteiger partial charge in [0.15, 0.2) is 0 Å². The molecule has 8 heteroatoms. The fourth-order valence-corrected chi connectivity index (χ4v) is 3.31. The number of imidazole rings is 1. The van der Waals surface area contributed by atoms with Crippen molar-refractivity contribution in [2.45, 2.75) is 44.9 Å². The Balaban J connectivity index is 1.80. The lowest BCUT2D eigenvalue weighted by Crippen LogP contribution is -2.37. The predicted molar refractivity (Wildman–Crippen MR) is 106 cm³/mol. The number of nitrogens with zero attached hydrogens (tertiary/aromatic N) is 2. The van der Waals surface area contributed by atoms with Crippen molar-refractivity contribution in [2.24, 2.45) is 0 Å². The number of H-pyrrole nitrogens is 1. The Labute approximate surface area is 170 Å². The van der Waals surface area contributed by atoms with Crippen molar-refractivity contribution in [3.05, 3.63) is 42.1 Å². The molecule has 1 aliphatic heterocycles. The van der Waals surface area contributed by atoms with Crippen LogP contribution >= 0.6 is 0 Å². The predicted octanol–water partition coefficient (Wildman–Crippen LogP) is 3.93. The normalized spacial score (nSPS) is 19.6. The van der Waals surface area contributed by atoms with E-state index in [2.05, 4.69) is 9.97 Å². The summed E-state index contributed by atoms with van der Waals surface area (Å²) in [5.41, 5.74) is 0.776. The monoisotopic (exact) mass is 405 g/mol. The number of rotatable bonds is 6. The summed E-state index contributed by atoms with van der Waals surface area (Å²) in [6.07, 6.45) is 1.67. The molecule has 1 aromatic heterocycles. The number of aromatic amines is 1. The highest BCUT2D eigenvalue weighted by Gasteiger charge is 2.40. The first-order valence-corrected chi connectivity index (χ1v) is 9.68. The molecular formula is C21H28FN3O4. The van der Waals surface area contributed by atoms with Crippen LogP contribution in [-0.4, -0.2) is 59.5 Å². The SMILES string of the molecule is COCCO[C@@H]1C[C@@H](c2ncc(-c3cccc(F)c3)[nH]2)N(C(=O)OC(C)(C)C)C1. The number of nitrogens with one attached hydrogen (secondary N) is 1. The fourth-order valence-electron chi connectivity index (χ4n) is 3.31. The third kappa shape index (κ3) is 5.55. The molecule has 29 heavy (non-hydrogen) atoms. The zero-order valence-electron chi connectivity index (χ0n) is 17.3. The highest BCUT2D eigenvalue weighted by Crippen LogP contribution is 2.34. The molecule has 2 atom stereocenters. The van der Waals surface area contributed by atoms with E-state index in [4.69, 9.17) is 14.2 Å². The minimum atomic E-state index is -0.605. The van der Waals surface area contributed by atoms with Crippen molar-refractivity contribution in [3.8, 4) is 11.3 Å². The Morgan fingerprint density at radius 3 is 2.83 bits per heavy atom. The van der Waals surface area contributed by atoms with Crippen LogP contribution in [0.1, 0.15) is 39.1 Å². The largest absolute Gasteiger partial charge is 0.444 e. The number of ether oxygens (including phenoxy) is 3. The van der Waals surface area contributed by atoms with Crippen molar-refractivity contribution in [1.82, 2.24) is 14.9 Å². The van der Waals surface area contributed by atoms with Gasteiger partial charge in [-0.05, 0) is 32.9 Å². The molecule has 2 aromatic rings. The van der Waals surface area contributed by atoms with Crippen LogP contribution in [0, 0.1) is 5.82 Å². The maximum absolute atomic E-state index is 13.6. The number of likely N-dealkylation sites (tertiary alicyclic amines) is 1. The Hall–Kier alpha value is -2.45. The number of carbonyl (C=O) groups is 1. The maximum Gasteiger partial charge on any atom is 0.411 e. The molecule has 158 valence electrons. The molecule has 0 unspecified atom stereocenters. The first-order valence-electron chi connectivity index (χ1n) is 9.68. The molecule has 0 saturated carbocycles. The summed E-state index contributed by atoms with van der Waals surface area (Å²) in [4.78, 5) is 22.1. The molecule has 1 aliphatic rings. The molecule has 1 aromatic carbocycles. The zero-order chi connectivity index (χ0) is 21.0. The Morgan fingerprint density at radius 1 is 1.34 bits per heavy atom. The van der Waals surface area contributed by atoms with Gasteiger partial charge in [-0.2, -0.15) is 0 Å². The van der Waals surface area contributed by atoms with Crippen molar-refractivity contribution in [2.75, 3.05) is 26.9 Å². The van der Waals surface area contributed by atoms with Crippen molar-refractivity contribution in [3.63, 3.8) is 0 Å².